The molecule has 16 heavy (non-hydrogen) atoms. The predicted molar refractivity (Wildman–Crippen MR) is 65.2 cm³/mol. The van der Waals surface area contributed by atoms with Crippen LogP contribution in [-0.4, -0.2) is 23.8 Å². The second-order valence-corrected chi connectivity index (χ2v) is 4.13. The van der Waals surface area contributed by atoms with Crippen molar-refractivity contribution >= 4 is 34.9 Å². The van der Waals surface area contributed by atoms with Gasteiger partial charge >= 0.3 is 6.03 Å². The van der Waals surface area contributed by atoms with E-state index in [0.717, 1.165) is 0 Å². The summed E-state index contributed by atoms with van der Waals surface area (Å²) in [5, 5.41) is 14.8. The SMILES string of the molecule is C[C@@H](O)CNC(=O)Nc1ccc(Cl)c(Cl)c1. The topological polar surface area (TPSA) is 61.4 Å². The van der Waals surface area contributed by atoms with Crippen LogP contribution in [0.15, 0.2) is 18.2 Å². The Bertz CT molecular complexity index is 383. The Kier molecular flexibility index (Phi) is 4.86. The zero-order chi connectivity index (χ0) is 12.1. The van der Waals surface area contributed by atoms with Crippen LogP contribution in [0.1, 0.15) is 6.92 Å². The molecule has 0 aliphatic carbocycles. The molecule has 0 aromatic heterocycles. The third-order valence-corrected chi connectivity index (χ3v) is 2.47. The van der Waals surface area contributed by atoms with Crippen LogP contribution in [-0.2, 0) is 0 Å². The molecule has 0 spiro atoms. The summed E-state index contributed by atoms with van der Waals surface area (Å²) in [7, 11) is 0. The van der Waals surface area contributed by atoms with E-state index in [0.29, 0.717) is 15.7 Å². The maximum absolute atomic E-state index is 11.3. The minimum atomic E-state index is -0.584. The molecule has 1 atom stereocenters. The molecule has 0 heterocycles. The van der Waals surface area contributed by atoms with Gasteiger partial charge in [-0.2, -0.15) is 0 Å². The van der Waals surface area contributed by atoms with Gasteiger partial charge in [-0.1, -0.05) is 23.2 Å². The molecule has 0 aliphatic rings. The molecule has 6 heteroatoms. The summed E-state index contributed by atoms with van der Waals surface area (Å²) in [6.07, 6.45) is -0.584. The van der Waals surface area contributed by atoms with Gasteiger partial charge in [0.1, 0.15) is 0 Å². The van der Waals surface area contributed by atoms with E-state index in [2.05, 4.69) is 10.6 Å². The summed E-state index contributed by atoms with van der Waals surface area (Å²) >= 11 is 11.5. The van der Waals surface area contributed by atoms with E-state index < -0.39 is 12.1 Å². The fourth-order valence-corrected chi connectivity index (χ4v) is 1.29. The second kappa shape index (κ2) is 5.94. The van der Waals surface area contributed by atoms with E-state index in [9.17, 15) is 4.79 Å². The molecule has 4 nitrogen and oxygen atoms in total. The van der Waals surface area contributed by atoms with Crippen LogP contribution >= 0.6 is 23.2 Å². The number of carbonyl (C=O) groups is 1. The molecule has 0 aliphatic heterocycles. The van der Waals surface area contributed by atoms with E-state index in [1.54, 1.807) is 25.1 Å². The number of hydrogen-bond donors (Lipinski definition) is 3. The minimum absolute atomic E-state index is 0.188. The van der Waals surface area contributed by atoms with Gasteiger partial charge in [0.2, 0.25) is 0 Å². The van der Waals surface area contributed by atoms with Crippen molar-refractivity contribution in [1.29, 1.82) is 0 Å². The number of aliphatic hydroxyl groups is 1. The van der Waals surface area contributed by atoms with Gasteiger partial charge in [0.05, 0.1) is 16.1 Å². The smallest absolute Gasteiger partial charge is 0.319 e. The van der Waals surface area contributed by atoms with Crippen molar-refractivity contribution < 1.29 is 9.90 Å². The first-order chi connectivity index (χ1) is 7.49. The highest BCUT2D eigenvalue weighted by Gasteiger charge is 2.04. The van der Waals surface area contributed by atoms with Crippen LogP contribution in [0, 0.1) is 0 Å². The highest BCUT2D eigenvalue weighted by molar-refractivity contribution is 6.42. The van der Waals surface area contributed by atoms with E-state index in [1.165, 1.54) is 0 Å². The number of carbonyl (C=O) groups excluding carboxylic acids is 1. The van der Waals surface area contributed by atoms with Crippen molar-refractivity contribution in [2.24, 2.45) is 0 Å². The number of rotatable bonds is 3. The molecule has 0 saturated heterocycles. The van der Waals surface area contributed by atoms with Gasteiger partial charge in [-0.05, 0) is 25.1 Å². The van der Waals surface area contributed by atoms with Gasteiger partial charge in [0.25, 0.3) is 0 Å². The zero-order valence-electron chi connectivity index (χ0n) is 8.63. The Labute approximate surface area is 104 Å². The van der Waals surface area contributed by atoms with Gasteiger partial charge < -0.3 is 15.7 Å². The first-order valence-electron chi connectivity index (χ1n) is 4.67. The number of halogens is 2. The van der Waals surface area contributed by atoms with Crippen molar-refractivity contribution in [3.05, 3.63) is 28.2 Å². The molecule has 88 valence electrons. The maximum Gasteiger partial charge on any atom is 0.319 e. The van der Waals surface area contributed by atoms with Crippen molar-refractivity contribution in [2.45, 2.75) is 13.0 Å². The molecule has 1 aromatic carbocycles. The summed E-state index contributed by atoms with van der Waals surface area (Å²) in [6, 6.07) is 4.37. The standard InChI is InChI=1S/C10H12Cl2N2O2/c1-6(15)5-13-10(16)14-7-2-3-8(11)9(12)4-7/h2-4,6,15H,5H2,1H3,(H2,13,14,16)/t6-/m1/s1. The summed E-state index contributed by atoms with van der Waals surface area (Å²) in [6.45, 7) is 1.77. The van der Waals surface area contributed by atoms with Gasteiger partial charge in [0.15, 0.2) is 0 Å². The van der Waals surface area contributed by atoms with Crippen LogP contribution in [0.2, 0.25) is 10.0 Å². The van der Waals surface area contributed by atoms with Crippen LogP contribution in [0.3, 0.4) is 0 Å². The van der Waals surface area contributed by atoms with E-state index in [-0.39, 0.29) is 6.54 Å². The van der Waals surface area contributed by atoms with Crippen LogP contribution in [0.5, 0.6) is 0 Å². The number of hydrogen-bond acceptors (Lipinski definition) is 2. The van der Waals surface area contributed by atoms with Crippen molar-refractivity contribution in [3.63, 3.8) is 0 Å². The van der Waals surface area contributed by atoms with Crippen LogP contribution < -0.4 is 10.6 Å². The first-order valence-corrected chi connectivity index (χ1v) is 5.42. The molecule has 1 rings (SSSR count). The number of urea groups is 1. The average Bonchev–Trinajstić information content (AvgIpc) is 2.21. The lowest BCUT2D eigenvalue weighted by atomic mass is 10.3. The summed E-state index contributed by atoms with van der Waals surface area (Å²) < 4.78 is 0. The van der Waals surface area contributed by atoms with E-state index >= 15 is 0 Å². The fraction of sp³-hybridized carbons (Fsp3) is 0.300. The third kappa shape index (κ3) is 4.26. The predicted octanol–water partition coefficient (Wildman–Crippen LogP) is 2.50. The molecule has 0 radical (unpaired) electrons. The summed E-state index contributed by atoms with van der Waals surface area (Å²) in [4.78, 5) is 11.3. The zero-order valence-corrected chi connectivity index (χ0v) is 10.1. The Morgan fingerprint density at radius 1 is 1.44 bits per heavy atom. The van der Waals surface area contributed by atoms with Gasteiger partial charge in [-0.25, -0.2) is 4.79 Å². The normalized spacial score (nSPS) is 12.0. The monoisotopic (exact) mass is 262 g/mol. The highest BCUT2D eigenvalue weighted by Crippen LogP contribution is 2.24. The molecule has 2 amide bonds. The minimum Gasteiger partial charge on any atom is -0.392 e. The number of benzene rings is 1. The van der Waals surface area contributed by atoms with Crippen LogP contribution in [0.4, 0.5) is 10.5 Å². The molecule has 0 bridgehead atoms. The molecule has 0 unspecified atom stereocenters. The maximum atomic E-state index is 11.3. The van der Waals surface area contributed by atoms with Crippen LogP contribution in [0.25, 0.3) is 0 Å². The summed E-state index contributed by atoms with van der Waals surface area (Å²) in [5.41, 5.74) is 0.539. The molecular formula is C10H12Cl2N2O2. The third-order valence-electron chi connectivity index (χ3n) is 1.74. The van der Waals surface area contributed by atoms with Crippen molar-refractivity contribution in [2.75, 3.05) is 11.9 Å². The Morgan fingerprint density at radius 2 is 2.12 bits per heavy atom. The van der Waals surface area contributed by atoms with Gasteiger partial charge in [-0.15, -0.1) is 0 Å². The lowest BCUT2D eigenvalue weighted by Crippen LogP contribution is -2.34. The Morgan fingerprint density at radius 3 is 2.69 bits per heavy atom. The lowest BCUT2D eigenvalue weighted by molar-refractivity contribution is 0.190. The second-order valence-electron chi connectivity index (χ2n) is 3.31. The Balaban J connectivity index is 2.53. The summed E-state index contributed by atoms with van der Waals surface area (Å²) in [5.74, 6) is 0. The van der Waals surface area contributed by atoms with E-state index in [4.69, 9.17) is 28.3 Å². The van der Waals surface area contributed by atoms with Gasteiger partial charge in [-0.3, -0.25) is 0 Å². The Hall–Kier alpha value is -0.970. The van der Waals surface area contributed by atoms with E-state index in [1.807, 2.05) is 0 Å². The van der Waals surface area contributed by atoms with Crippen molar-refractivity contribution in [3.8, 4) is 0 Å². The number of aliphatic hydroxyl groups excluding tert-OH is 1. The fourth-order valence-electron chi connectivity index (χ4n) is 0.990. The largest absolute Gasteiger partial charge is 0.392 e. The lowest BCUT2D eigenvalue weighted by Gasteiger charge is -2.09. The number of anilines is 1. The highest BCUT2D eigenvalue weighted by atomic mass is 35.5. The quantitative estimate of drug-likeness (QED) is 0.784. The molecular weight excluding hydrogens is 251 g/mol. The first kappa shape index (κ1) is 13.1. The number of nitrogens with one attached hydrogen (secondary N) is 2. The van der Waals surface area contributed by atoms with Gasteiger partial charge in [0, 0.05) is 12.2 Å². The molecule has 0 saturated carbocycles. The molecule has 3 N–H and O–H groups in total. The number of amides is 2. The molecule has 1 aromatic rings. The molecule has 0 fully saturated rings. The average molecular weight is 263 g/mol. The van der Waals surface area contributed by atoms with Crippen molar-refractivity contribution in [1.82, 2.24) is 5.32 Å².